The molecule has 3 rings (SSSR count). The average Bonchev–Trinajstić information content (AvgIpc) is 2.38. The Morgan fingerprint density at radius 3 is 2.61 bits per heavy atom. The first kappa shape index (κ1) is 11.1. The fourth-order valence-electron chi connectivity index (χ4n) is 2.15. The molecule has 0 N–H and O–H groups in total. The fraction of sp³-hybridized carbons (Fsp3) is 0.0714. The van der Waals surface area contributed by atoms with E-state index < -0.39 is 0 Å². The molecule has 2 nitrogen and oxygen atoms in total. The largest absolute Gasteiger partial charge is 0.422 e. The number of benzene rings is 2. The summed E-state index contributed by atoms with van der Waals surface area (Å²) < 4.78 is 5.34. The van der Waals surface area contributed by atoms with Crippen LogP contribution in [0.1, 0.15) is 0 Å². The third kappa shape index (κ3) is 1.65. The SMILES string of the molecule is [B]c1ccc2c(c1)c(=O)oc1cc([B]C)ccc12. The maximum Gasteiger partial charge on any atom is 0.344 e. The molecule has 18 heavy (non-hydrogen) atoms. The fourth-order valence-corrected chi connectivity index (χ4v) is 2.15. The van der Waals surface area contributed by atoms with Crippen molar-refractivity contribution in [2.24, 2.45) is 0 Å². The molecule has 0 unspecified atom stereocenters. The lowest BCUT2D eigenvalue weighted by Crippen LogP contribution is -2.11. The van der Waals surface area contributed by atoms with Crippen LogP contribution in [0.15, 0.2) is 45.6 Å². The van der Waals surface area contributed by atoms with Gasteiger partial charge in [-0.3, -0.25) is 0 Å². The van der Waals surface area contributed by atoms with E-state index in [0.717, 1.165) is 16.2 Å². The van der Waals surface area contributed by atoms with Crippen LogP contribution in [0.2, 0.25) is 6.82 Å². The summed E-state index contributed by atoms with van der Waals surface area (Å²) in [5, 5.41) is 2.32. The Balaban J connectivity index is 2.50. The Hall–Kier alpha value is -1.96. The molecule has 3 radical (unpaired) electrons. The minimum absolute atomic E-state index is 0.349. The van der Waals surface area contributed by atoms with Gasteiger partial charge in [0.15, 0.2) is 0 Å². The van der Waals surface area contributed by atoms with Gasteiger partial charge in [-0.05, 0) is 11.5 Å². The zero-order chi connectivity index (χ0) is 12.7. The van der Waals surface area contributed by atoms with Crippen LogP contribution in [-0.4, -0.2) is 15.1 Å². The molecule has 3 aromatic rings. The van der Waals surface area contributed by atoms with Crippen molar-refractivity contribution in [3.8, 4) is 0 Å². The van der Waals surface area contributed by atoms with E-state index in [9.17, 15) is 4.79 Å². The summed E-state index contributed by atoms with van der Waals surface area (Å²) in [4.78, 5) is 11.9. The summed E-state index contributed by atoms with van der Waals surface area (Å²) in [5.41, 5.74) is 1.85. The lowest BCUT2D eigenvalue weighted by Gasteiger charge is -2.04. The van der Waals surface area contributed by atoms with Gasteiger partial charge in [0, 0.05) is 5.39 Å². The third-order valence-electron chi connectivity index (χ3n) is 3.10. The van der Waals surface area contributed by atoms with Crippen LogP contribution in [0.3, 0.4) is 0 Å². The molecular formula is C14H9B2O2. The Labute approximate surface area is 106 Å². The first-order chi connectivity index (χ1) is 8.69. The van der Waals surface area contributed by atoms with Crippen LogP contribution in [0.5, 0.6) is 0 Å². The highest BCUT2D eigenvalue weighted by molar-refractivity contribution is 6.52. The van der Waals surface area contributed by atoms with Gasteiger partial charge in [-0.1, -0.05) is 48.1 Å². The summed E-state index contributed by atoms with van der Waals surface area (Å²) in [5.74, 6) is 0. The van der Waals surface area contributed by atoms with Crippen LogP contribution in [0, 0.1) is 0 Å². The molecule has 1 heterocycles. The molecule has 2 aromatic carbocycles. The van der Waals surface area contributed by atoms with E-state index in [1.54, 1.807) is 12.1 Å². The van der Waals surface area contributed by atoms with Gasteiger partial charge < -0.3 is 4.42 Å². The Kier molecular flexibility index (Phi) is 2.51. The molecule has 0 aliphatic heterocycles. The lowest BCUT2D eigenvalue weighted by molar-refractivity contribution is 0.570. The van der Waals surface area contributed by atoms with Crippen LogP contribution < -0.4 is 16.6 Å². The predicted octanol–water partition coefficient (Wildman–Crippen LogP) is 1.12. The van der Waals surface area contributed by atoms with E-state index in [4.69, 9.17) is 12.3 Å². The van der Waals surface area contributed by atoms with Gasteiger partial charge in [0.2, 0.25) is 0 Å². The quantitative estimate of drug-likeness (QED) is 0.356. The molecule has 1 aromatic heterocycles. The highest BCUT2D eigenvalue weighted by Crippen LogP contribution is 2.20. The van der Waals surface area contributed by atoms with Gasteiger partial charge in [0.05, 0.1) is 5.39 Å². The van der Waals surface area contributed by atoms with Gasteiger partial charge in [-0.25, -0.2) is 4.79 Å². The first-order valence-corrected chi connectivity index (χ1v) is 5.74. The van der Waals surface area contributed by atoms with Crippen molar-refractivity contribution in [2.45, 2.75) is 6.82 Å². The standard InChI is InChI=1S/C14H9B2O2/c1-16-9-3-5-11-10-4-2-8(15)6-12(10)14(17)18-13(11)7-9/h2-7H,1H3. The first-order valence-electron chi connectivity index (χ1n) is 5.74. The molecule has 0 saturated heterocycles. The van der Waals surface area contributed by atoms with Crippen LogP contribution >= 0.6 is 0 Å². The van der Waals surface area contributed by atoms with Crippen molar-refractivity contribution in [1.29, 1.82) is 0 Å². The monoisotopic (exact) mass is 231 g/mol. The second-order valence-electron chi connectivity index (χ2n) is 4.24. The van der Waals surface area contributed by atoms with Gasteiger partial charge in [0.1, 0.15) is 20.7 Å². The van der Waals surface area contributed by atoms with Gasteiger partial charge in [-0.15, -0.1) is 0 Å². The topological polar surface area (TPSA) is 30.2 Å². The third-order valence-corrected chi connectivity index (χ3v) is 3.10. The number of hydrogen-bond acceptors (Lipinski definition) is 2. The molecule has 0 bridgehead atoms. The molecule has 0 atom stereocenters. The van der Waals surface area contributed by atoms with Crippen molar-refractivity contribution >= 4 is 47.8 Å². The zero-order valence-corrected chi connectivity index (χ0v) is 9.94. The van der Waals surface area contributed by atoms with E-state index >= 15 is 0 Å². The highest BCUT2D eigenvalue weighted by atomic mass is 16.4. The second-order valence-corrected chi connectivity index (χ2v) is 4.24. The van der Waals surface area contributed by atoms with Crippen molar-refractivity contribution in [2.75, 3.05) is 0 Å². The Morgan fingerprint density at radius 1 is 1.06 bits per heavy atom. The molecule has 83 valence electrons. The highest BCUT2D eigenvalue weighted by Gasteiger charge is 2.07. The van der Waals surface area contributed by atoms with Crippen LogP contribution in [0.4, 0.5) is 0 Å². The number of fused-ring (bicyclic) bond motifs is 3. The molecule has 0 fully saturated rings. The Bertz CT molecular complexity index is 806. The van der Waals surface area contributed by atoms with E-state index in [1.165, 1.54) is 0 Å². The van der Waals surface area contributed by atoms with Gasteiger partial charge >= 0.3 is 5.63 Å². The predicted molar refractivity (Wildman–Crippen MR) is 76.6 cm³/mol. The molecule has 4 heteroatoms. The molecule has 0 amide bonds. The second kappa shape index (κ2) is 4.05. The van der Waals surface area contributed by atoms with Crippen molar-refractivity contribution in [3.63, 3.8) is 0 Å². The molecule has 0 spiro atoms. The summed E-state index contributed by atoms with van der Waals surface area (Å²) in [6, 6.07) is 11.1. The summed E-state index contributed by atoms with van der Waals surface area (Å²) in [6.07, 6.45) is 0. The van der Waals surface area contributed by atoms with Gasteiger partial charge in [0.25, 0.3) is 0 Å². The normalized spacial score (nSPS) is 10.9. The van der Waals surface area contributed by atoms with E-state index in [-0.39, 0.29) is 5.63 Å². The van der Waals surface area contributed by atoms with Crippen molar-refractivity contribution < 1.29 is 4.42 Å². The number of hydrogen-bond donors (Lipinski definition) is 0. The zero-order valence-electron chi connectivity index (χ0n) is 9.94. The van der Waals surface area contributed by atoms with E-state index in [2.05, 4.69) is 0 Å². The summed E-state index contributed by atoms with van der Waals surface area (Å²) in [7, 11) is 7.66. The van der Waals surface area contributed by atoms with Crippen molar-refractivity contribution in [1.82, 2.24) is 0 Å². The molecule has 0 aliphatic rings. The maximum atomic E-state index is 11.9. The molecule has 0 aliphatic carbocycles. The van der Waals surface area contributed by atoms with Crippen LogP contribution in [-0.2, 0) is 0 Å². The van der Waals surface area contributed by atoms with Gasteiger partial charge in [-0.2, -0.15) is 0 Å². The maximum absolute atomic E-state index is 11.9. The van der Waals surface area contributed by atoms with Crippen LogP contribution in [0.25, 0.3) is 21.7 Å². The minimum Gasteiger partial charge on any atom is -0.422 e. The lowest BCUT2D eigenvalue weighted by atomic mass is 9.73. The Morgan fingerprint density at radius 2 is 1.83 bits per heavy atom. The van der Waals surface area contributed by atoms with Crippen molar-refractivity contribution in [3.05, 3.63) is 46.8 Å². The number of rotatable bonds is 1. The summed E-state index contributed by atoms with van der Waals surface area (Å²) in [6.45, 7) is 1.95. The average molecular weight is 231 g/mol. The molecular weight excluding hydrogens is 222 g/mol. The summed E-state index contributed by atoms with van der Waals surface area (Å²) >= 11 is 0. The smallest absolute Gasteiger partial charge is 0.344 e. The minimum atomic E-state index is -0.349. The van der Waals surface area contributed by atoms with E-state index in [0.29, 0.717) is 16.4 Å². The molecule has 0 saturated carbocycles. The van der Waals surface area contributed by atoms with E-state index in [1.807, 2.05) is 38.4 Å².